The van der Waals surface area contributed by atoms with Gasteiger partial charge in [-0.15, -0.1) is 0 Å². The van der Waals surface area contributed by atoms with E-state index in [0.29, 0.717) is 11.4 Å². The molecule has 1 amide bonds. The molecule has 0 aliphatic carbocycles. The topological polar surface area (TPSA) is 64.2 Å². The van der Waals surface area contributed by atoms with E-state index in [1.807, 2.05) is 36.4 Å². The summed E-state index contributed by atoms with van der Waals surface area (Å²) in [7, 11) is 1.57. The second kappa shape index (κ2) is 8.80. The quantitative estimate of drug-likeness (QED) is 0.781. The first-order chi connectivity index (χ1) is 11.2. The molecule has 0 atom stereocenters. The lowest BCUT2D eigenvalue weighted by molar-refractivity contribution is -0.667. The Morgan fingerprint density at radius 1 is 1.09 bits per heavy atom. The first-order valence-electron chi connectivity index (χ1n) is 7.69. The molecule has 0 aliphatic rings. The monoisotopic (exact) mass is 315 g/mol. The van der Waals surface area contributed by atoms with Crippen LogP contribution in [0.4, 0.5) is 5.69 Å². The third-order valence-electron chi connectivity index (χ3n) is 3.37. The van der Waals surface area contributed by atoms with E-state index >= 15 is 0 Å². The number of benzene rings is 2. The molecule has 3 N–H and O–H groups in total. The minimum Gasteiger partial charge on any atom is -0.495 e. The van der Waals surface area contributed by atoms with Gasteiger partial charge < -0.3 is 20.1 Å². The average Bonchev–Trinajstić information content (AvgIpc) is 2.59. The first-order valence-corrected chi connectivity index (χ1v) is 7.69. The zero-order valence-corrected chi connectivity index (χ0v) is 13.5. The molecule has 0 saturated heterocycles. The summed E-state index contributed by atoms with van der Waals surface area (Å²) in [5.74, 6) is 1.15. The van der Waals surface area contributed by atoms with Crippen molar-refractivity contribution in [3.8, 4) is 11.5 Å². The lowest BCUT2D eigenvalue weighted by Gasteiger charge is -2.12. The van der Waals surface area contributed by atoms with Gasteiger partial charge in [0.1, 0.15) is 18.0 Å². The molecule has 2 rings (SSSR count). The van der Waals surface area contributed by atoms with E-state index in [1.54, 1.807) is 19.2 Å². The van der Waals surface area contributed by atoms with E-state index in [-0.39, 0.29) is 12.5 Å². The summed E-state index contributed by atoms with van der Waals surface area (Å²) in [6.45, 7) is 3.90. The van der Waals surface area contributed by atoms with E-state index in [0.717, 1.165) is 24.4 Å². The molecule has 0 unspecified atom stereocenters. The largest absolute Gasteiger partial charge is 0.495 e. The zero-order chi connectivity index (χ0) is 16.5. The molecule has 0 spiro atoms. The normalized spacial score (nSPS) is 10.2. The summed E-state index contributed by atoms with van der Waals surface area (Å²) in [5.41, 5.74) is 1.72. The number of nitrogens with one attached hydrogen (secondary N) is 1. The number of carbonyl (C=O) groups is 1. The molecule has 0 saturated carbocycles. The van der Waals surface area contributed by atoms with Gasteiger partial charge in [-0.1, -0.05) is 24.3 Å². The molecule has 2 aromatic carbocycles. The van der Waals surface area contributed by atoms with Crippen LogP contribution in [0.5, 0.6) is 11.5 Å². The Kier molecular flexibility index (Phi) is 6.44. The SMILES string of the molecule is CC[NH2+]Cc1ccccc1OCC(=O)Nc1ccccc1OC. The van der Waals surface area contributed by atoms with Gasteiger partial charge in [0.15, 0.2) is 6.61 Å². The number of hydrogen-bond donors (Lipinski definition) is 2. The first kappa shape index (κ1) is 16.8. The van der Waals surface area contributed by atoms with Crippen molar-refractivity contribution in [1.82, 2.24) is 0 Å². The molecule has 122 valence electrons. The van der Waals surface area contributed by atoms with Gasteiger partial charge in [-0.25, -0.2) is 0 Å². The van der Waals surface area contributed by atoms with Gasteiger partial charge in [0.05, 0.1) is 19.3 Å². The maximum atomic E-state index is 12.1. The Hall–Kier alpha value is -2.53. The van der Waals surface area contributed by atoms with Crippen LogP contribution in [0, 0.1) is 0 Å². The molecule has 0 radical (unpaired) electrons. The van der Waals surface area contributed by atoms with Gasteiger partial charge in [0.25, 0.3) is 5.91 Å². The van der Waals surface area contributed by atoms with Crippen LogP contribution in [-0.2, 0) is 11.3 Å². The smallest absolute Gasteiger partial charge is 0.262 e. The van der Waals surface area contributed by atoms with Crippen LogP contribution in [0.3, 0.4) is 0 Å². The Morgan fingerprint density at radius 2 is 1.78 bits per heavy atom. The van der Waals surface area contributed by atoms with Crippen molar-refractivity contribution < 1.29 is 19.6 Å². The van der Waals surface area contributed by atoms with E-state index < -0.39 is 0 Å². The Labute approximate surface area is 136 Å². The van der Waals surface area contributed by atoms with Gasteiger partial charge >= 0.3 is 0 Å². The van der Waals surface area contributed by atoms with E-state index in [1.165, 1.54) is 0 Å². The van der Waals surface area contributed by atoms with Gasteiger partial charge in [-0.2, -0.15) is 0 Å². The van der Waals surface area contributed by atoms with E-state index in [2.05, 4.69) is 17.6 Å². The van der Waals surface area contributed by atoms with E-state index in [4.69, 9.17) is 9.47 Å². The standard InChI is InChI=1S/C18H22N2O3/c1-3-19-12-14-8-4-6-10-16(14)23-13-18(21)20-15-9-5-7-11-17(15)22-2/h4-11,19H,3,12-13H2,1-2H3,(H,20,21)/p+1. The van der Waals surface area contributed by atoms with Crippen molar-refractivity contribution in [2.45, 2.75) is 13.5 Å². The lowest BCUT2D eigenvalue weighted by atomic mass is 10.2. The van der Waals surface area contributed by atoms with Gasteiger partial charge in [0.2, 0.25) is 0 Å². The summed E-state index contributed by atoms with van der Waals surface area (Å²) in [6.07, 6.45) is 0. The molecule has 0 bridgehead atoms. The highest BCUT2D eigenvalue weighted by Gasteiger charge is 2.10. The Balaban J connectivity index is 1.94. The van der Waals surface area contributed by atoms with Gasteiger partial charge in [0, 0.05) is 5.56 Å². The number of anilines is 1. The number of rotatable bonds is 8. The number of carbonyl (C=O) groups excluding carboxylic acids is 1. The molecular formula is C18H23N2O3+. The van der Waals surface area contributed by atoms with Crippen LogP contribution >= 0.6 is 0 Å². The summed E-state index contributed by atoms with van der Waals surface area (Å²) in [4.78, 5) is 12.1. The highest BCUT2D eigenvalue weighted by molar-refractivity contribution is 5.93. The second-order valence-electron chi connectivity index (χ2n) is 5.05. The predicted molar refractivity (Wildman–Crippen MR) is 89.7 cm³/mol. The van der Waals surface area contributed by atoms with Crippen molar-refractivity contribution in [3.63, 3.8) is 0 Å². The maximum absolute atomic E-state index is 12.1. The fourth-order valence-electron chi connectivity index (χ4n) is 2.19. The fourth-order valence-corrected chi connectivity index (χ4v) is 2.19. The fraction of sp³-hybridized carbons (Fsp3) is 0.278. The van der Waals surface area contributed by atoms with Crippen LogP contribution in [0.15, 0.2) is 48.5 Å². The molecule has 0 fully saturated rings. The number of methoxy groups -OCH3 is 1. The molecule has 2 aromatic rings. The number of hydrogen-bond acceptors (Lipinski definition) is 3. The molecule has 0 aromatic heterocycles. The highest BCUT2D eigenvalue weighted by atomic mass is 16.5. The minimum absolute atomic E-state index is 0.0405. The van der Waals surface area contributed by atoms with Crippen molar-refractivity contribution in [3.05, 3.63) is 54.1 Å². The number of ether oxygens (including phenoxy) is 2. The molecule has 5 nitrogen and oxygen atoms in total. The predicted octanol–water partition coefficient (Wildman–Crippen LogP) is 1.80. The minimum atomic E-state index is -0.219. The van der Waals surface area contributed by atoms with Gasteiger partial charge in [-0.3, -0.25) is 4.79 Å². The van der Waals surface area contributed by atoms with Crippen molar-refractivity contribution in [2.24, 2.45) is 0 Å². The highest BCUT2D eigenvalue weighted by Crippen LogP contribution is 2.23. The van der Waals surface area contributed by atoms with Crippen molar-refractivity contribution in [1.29, 1.82) is 0 Å². The number of amides is 1. The molecular weight excluding hydrogens is 292 g/mol. The summed E-state index contributed by atoms with van der Waals surface area (Å²) < 4.78 is 10.9. The molecule has 5 heteroatoms. The molecule has 0 aliphatic heterocycles. The summed E-state index contributed by atoms with van der Waals surface area (Å²) in [5, 5.41) is 4.98. The van der Waals surface area contributed by atoms with Gasteiger partial charge in [-0.05, 0) is 31.2 Å². The third-order valence-corrected chi connectivity index (χ3v) is 3.37. The zero-order valence-electron chi connectivity index (χ0n) is 13.5. The summed E-state index contributed by atoms with van der Waals surface area (Å²) >= 11 is 0. The second-order valence-corrected chi connectivity index (χ2v) is 5.05. The van der Waals surface area contributed by atoms with Crippen molar-refractivity contribution >= 4 is 11.6 Å². The van der Waals surface area contributed by atoms with Crippen molar-refractivity contribution in [2.75, 3.05) is 25.6 Å². The number of quaternary nitrogens is 1. The van der Waals surface area contributed by atoms with Crippen LogP contribution < -0.4 is 20.1 Å². The van der Waals surface area contributed by atoms with E-state index in [9.17, 15) is 4.79 Å². The maximum Gasteiger partial charge on any atom is 0.262 e. The average molecular weight is 315 g/mol. The number of para-hydroxylation sites is 3. The Morgan fingerprint density at radius 3 is 2.52 bits per heavy atom. The van der Waals surface area contributed by atoms with Crippen LogP contribution in [0.2, 0.25) is 0 Å². The molecule has 0 heterocycles. The number of nitrogens with two attached hydrogens (primary N) is 1. The van der Waals surface area contributed by atoms with Crippen LogP contribution in [-0.4, -0.2) is 26.2 Å². The van der Waals surface area contributed by atoms with Crippen LogP contribution in [0.1, 0.15) is 12.5 Å². The third kappa shape index (κ3) is 5.00. The molecule has 23 heavy (non-hydrogen) atoms. The Bertz CT molecular complexity index is 644. The lowest BCUT2D eigenvalue weighted by Crippen LogP contribution is -2.81. The summed E-state index contributed by atoms with van der Waals surface area (Å²) in [6, 6.07) is 15.1. The van der Waals surface area contributed by atoms with Crippen LogP contribution in [0.25, 0.3) is 0 Å².